The van der Waals surface area contributed by atoms with Gasteiger partial charge < -0.3 is 19.8 Å². The molecule has 8 nitrogen and oxygen atoms in total. The second kappa shape index (κ2) is 10.6. The Morgan fingerprint density at radius 1 is 1.00 bits per heavy atom. The summed E-state index contributed by atoms with van der Waals surface area (Å²) in [6, 6.07) is 21.9. The normalized spacial score (nSPS) is 11.5. The lowest BCUT2D eigenvalue weighted by Gasteiger charge is -2.14. The van der Waals surface area contributed by atoms with Crippen molar-refractivity contribution in [2.24, 2.45) is 0 Å². The number of halogens is 1. The van der Waals surface area contributed by atoms with Gasteiger partial charge in [0.1, 0.15) is 11.8 Å². The van der Waals surface area contributed by atoms with E-state index < -0.39 is 6.04 Å². The van der Waals surface area contributed by atoms with Gasteiger partial charge in [0.25, 0.3) is 11.8 Å². The third-order valence-corrected chi connectivity index (χ3v) is 5.05. The van der Waals surface area contributed by atoms with Crippen molar-refractivity contribution in [1.29, 1.82) is 0 Å². The monoisotopic (exact) mass is 476 g/mol. The van der Waals surface area contributed by atoms with Crippen LogP contribution in [-0.2, 0) is 11.4 Å². The van der Waals surface area contributed by atoms with Gasteiger partial charge in [0, 0.05) is 27.9 Å². The van der Waals surface area contributed by atoms with E-state index in [1.165, 1.54) is 0 Å². The summed E-state index contributed by atoms with van der Waals surface area (Å²) in [7, 11) is 0. The van der Waals surface area contributed by atoms with Gasteiger partial charge in [-0.1, -0.05) is 35.9 Å². The number of nitrogens with zero attached hydrogens (tertiary/aromatic N) is 2. The second-order valence-corrected chi connectivity index (χ2v) is 7.81. The van der Waals surface area contributed by atoms with Crippen LogP contribution in [0.5, 0.6) is 5.75 Å². The van der Waals surface area contributed by atoms with Crippen molar-refractivity contribution in [3.8, 4) is 17.2 Å². The Bertz CT molecular complexity index is 1280. The van der Waals surface area contributed by atoms with Crippen LogP contribution in [0.4, 0.5) is 5.69 Å². The molecular formula is C25H21ClN4O4. The highest BCUT2D eigenvalue weighted by Gasteiger charge is 2.17. The smallest absolute Gasteiger partial charge is 0.254 e. The van der Waals surface area contributed by atoms with E-state index in [-0.39, 0.29) is 18.4 Å². The molecule has 172 valence electrons. The van der Waals surface area contributed by atoms with Crippen LogP contribution in [0.2, 0.25) is 5.02 Å². The minimum absolute atomic E-state index is 0.0571. The van der Waals surface area contributed by atoms with Crippen LogP contribution in [0.25, 0.3) is 11.5 Å². The van der Waals surface area contributed by atoms with Gasteiger partial charge in [-0.2, -0.15) is 0 Å². The van der Waals surface area contributed by atoms with Crippen molar-refractivity contribution in [3.05, 3.63) is 95.3 Å². The molecule has 0 aliphatic heterocycles. The number of amides is 2. The third-order valence-electron chi connectivity index (χ3n) is 4.80. The zero-order chi connectivity index (χ0) is 23.9. The SMILES string of the molecule is C[C@@H](NC(=O)c1ccccc1)C(=O)Nc1cccc(OCc2nnc(-c3ccc(Cl)cc3)o2)c1. The number of carbonyl (C=O) groups is 2. The van der Waals surface area contributed by atoms with Crippen LogP contribution >= 0.6 is 11.6 Å². The molecule has 0 radical (unpaired) electrons. The highest BCUT2D eigenvalue weighted by atomic mass is 35.5. The highest BCUT2D eigenvalue weighted by molar-refractivity contribution is 6.30. The minimum atomic E-state index is -0.734. The fraction of sp³-hybridized carbons (Fsp3) is 0.120. The first kappa shape index (κ1) is 23.0. The Morgan fingerprint density at radius 3 is 2.53 bits per heavy atom. The Hall–Kier alpha value is -4.17. The molecule has 0 unspecified atom stereocenters. The number of nitrogens with one attached hydrogen (secondary N) is 2. The first-order valence-corrected chi connectivity index (χ1v) is 10.8. The summed E-state index contributed by atoms with van der Waals surface area (Å²) in [5, 5.41) is 14.1. The molecule has 1 aromatic heterocycles. The third kappa shape index (κ3) is 5.99. The maximum absolute atomic E-state index is 12.5. The van der Waals surface area contributed by atoms with Crippen LogP contribution in [-0.4, -0.2) is 28.1 Å². The Labute approximate surface area is 200 Å². The molecule has 0 fully saturated rings. The van der Waals surface area contributed by atoms with E-state index in [2.05, 4.69) is 20.8 Å². The number of carbonyl (C=O) groups excluding carboxylic acids is 2. The zero-order valence-electron chi connectivity index (χ0n) is 18.2. The summed E-state index contributed by atoms with van der Waals surface area (Å²) in [6.07, 6.45) is 0. The molecule has 0 saturated heterocycles. The molecule has 4 aromatic rings. The maximum Gasteiger partial charge on any atom is 0.254 e. The largest absolute Gasteiger partial charge is 0.484 e. The fourth-order valence-electron chi connectivity index (χ4n) is 3.02. The highest BCUT2D eigenvalue weighted by Crippen LogP contribution is 2.22. The average Bonchev–Trinajstić information content (AvgIpc) is 3.33. The first-order valence-electron chi connectivity index (χ1n) is 10.5. The predicted molar refractivity (Wildman–Crippen MR) is 128 cm³/mol. The molecule has 3 aromatic carbocycles. The molecule has 0 spiro atoms. The summed E-state index contributed by atoms with van der Waals surface area (Å²) < 4.78 is 11.4. The zero-order valence-corrected chi connectivity index (χ0v) is 19.0. The minimum Gasteiger partial charge on any atom is -0.484 e. The molecule has 1 atom stereocenters. The Kier molecular flexibility index (Phi) is 7.19. The van der Waals surface area contributed by atoms with Crippen molar-refractivity contribution in [2.75, 3.05) is 5.32 Å². The van der Waals surface area contributed by atoms with Crippen LogP contribution < -0.4 is 15.4 Å². The van der Waals surface area contributed by atoms with Gasteiger partial charge in [-0.05, 0) is 55.5 Å². The summed E-state index contributed by atoms with van der Waals surface area (Å²) in [5.74, 6) is 0.494. The topological polar surface area (TPSA) is 106 Å². The average molecular weight is 477 g/mol. The molecule has 0 bridgehead atoms. The van der Waals surface area contributed by atoms with Gasteiger partial charge in [0.2, 0.25) is 11.8 Å². The maximum atomic E-state index is 12.5. The predicted octanol–water partition coefficient (Wildman–Crippen LogP) is 4.73. The molecule has 4 rings (SSSR count). The van der Waals surface area contributed by atoms with E-state index in [0.29, 0.717) is 33.8 Å². The van der Waals surface area contributed by atoms with Crippen molar-refractivity contribution in [1.82, 2.24) is 15.5 Å². The lowest BCUT2D eigenvalue weighted by molar-refractivity contribution is -0.117. The molecule has 0 aliphatic rings. The van der Waals surface area contributed by atoms with Crippen molar-refractivity contribution < 1.29 is 18.7 Å². The van der Waals surface area contributed by atoms with E-state index in [9.17, 15) is 9.59 Å². The van der Waals surface area contributed by atoms with Crippen LogP contribution in [0.15, 0.2) is 83.3 Å². The van der Waals surface area contributed by atoms with E-state index in [1.807, 2.05) is 6.07 Å². The number of anilines is 1. The molecular weight excluding hydrogens is 456 g/mol. The molecule has 1 heterocycles. The van der Waals surface area contributed by atoms with Crippen LogP contribution in [0.1, 0.15) is 23.2 Å². The number of benzene rings is 3. The molecule has 0 saturated carbocycles. The van der Waals surface area contributed by atoms with E-state index in [4.69, 9.17) is 20.8 Å². The van der Waals surface area contributed by atoms with Gasteiger partial charge in [-0.25, -0.2) is 0 Å². The van der Waals surface area contributed by atoms with Crippen molar-refractivity contribution in [2.45, 2.75) is 19.6 Å². The number of aromatic nitrogens is 2. The molecule has 2 amide bonds. The number of hydrogen-bond donors (Lipinski definition) is 2. The molecule has 34 heavy (non-hydrogen) atoms. The molecule has 2 N–H and O–H groups in total. The van der Waals surface area contributed by atoms with Gasteiger partial charge in [-0.3, -0.25) is 9.59 Å². The second-order valence-electron chi connectivity index (χ2n) is 7.37. The summed E-state index contributed by atoms with van der Waals surface area (Å²) >= 11 is 5.90. The lowest BCUT2D eigenvalue weighted by Crippen LogP contribution is -2.41. The Balaban J connectivity index is 1.32. The van der Waals surface area contributed by atoms with E-state index in [0.717, 1.165) is 5.56 Å². The summed E-state index contributed by atoms with van der Waals surface area (Å²) in [6.45, 7) is 1.67. The number of rotatable bonds is 8. The quantitative estimate of drug-likeness (QED) is 0.381. The number of ether oxygens (including phenoxy) is 1. The van der Waals surface area contributed by atoms with Gasteiger partial charge in [0.15, 0.2) is 6.61 Å². The van der Waals surface area contributed by atoms with Gasteiger partial charge in [0.05, 0.1) is 0 Å². The summed E-state index contributed by atoms with van der Waals surface area (Å²) in [4.78, 5) is 24.8. The lowest BCUT2D eigenvalue weighted by atomic mass is 10.2. The van der Waals surface area contributed by atoms with E-state index >= 15 is 0 Å². The molecule has 9 heteroatoms. The van der Waals surface area contributed by atoms with Crippen LogP contribution in [0, 0.1) is 0 Å². The van der Waals surface area contributed by atoms with Crippen molar-refractivity contribution in [3.63, 3.8) is 0 Å². The van der Waals surface area contributed by atoms with Crippen molar-refractivity contribution >= 4 is 29.1 Å². The first-order chi connectivity index (χ1) is 16.5. The van der Waals surface area contributed by atoms with Gasteiger partial charge in [-0.15, -0.1) is 10.2 Å². The Morgan fingerprint density at radius 2 is 1.76 bits per heavy atom. The fourth-order valence-corrected chi connectivity index (χ4v) is 3.14. The standard InChI is InChI=1S/C25H21ClN4O4/c1-16(27-24(32)17-6-3-2-4-7-17)23(31)28-20-8-5-9-21(14-20)33-15-22-29-30-25(34-22)18-10-12-19(26)13-11-18/h2-14,16H,15H2,1H3,(H,27,32)(H,28,31)/t16-/m1/s1. The van der Waals surface area contributed by atoms with E-state index in [1.54, 1.807) is 79.7 Å². The van der Waals surface area contributed by atoms with Crippen LogP contribution in [0.3, 0.4) is 0 Å². The number of hydrogen-bond acceptors (Lipinski definition) is 6. The molecule has 0 aliphatic carbocycles. The summed E-state index contributed by atoms with van der Waals surface area (Å²) in [5.41, 5.74) is 1.76. The van der Waals surface area contributed by atoms with Gasteiger partial charge >= 0.3 is 0 Å².